The van der Waals surface area contributed by atoms with Crippen LogP contribution >= 0.6 is 0 Å². The first-order chi connectivity index (χ1) is 13.5. The van der Waals surface area contributed by atoms with Gasteiger partial charge in [0, 0.05) is 22.8 Å². The van der Waals surface area contributed by atoms with Gasteiger partial charge in [-0.15, -0.1) is 0 Å². The summed E-state index contributed by atoms with van der Waals surface area (Å²) < 4.78 is 47.3. The van der Waals surface area contributed by atoms with Gasteiger partial charge in [0.05, 0.1) is 12.2 Å². The van der Waals surface area contributed by atoms with E-state index in [4.69, 9.17) is 4.74 Å². The van der Waals surface area contributed by atoms with Crippen LogP contribution in [0.1, 0.15) is 23.6 Å². The predicted octanol–water partition coefficient (Wildman–Crippen LogP) is 6.21. The van der Waals surface area contributed by atoms with Gasteiger partial charge in [0.15, 0.2) is 11.6 Å². The van der Waals surface area contributed by atoms with Crippen LogP contribution in [0.2, 0.25) is 0 Å². The first-order valence-corrected chi connectivity index (χ1v) is 8.68. The lowest BCUT2D eigenvalue weighted by Gasteiger charge is -2.07. The van der Waals surface area contributed by atoms with Crippen molar-refractivity contribution in [2.24, 2.45) is 0 Å². The van der Waals surface area contributed by atoms with Gasteiger partial charge in [-0.3, -0.25) is 0 Å². The highest BCUT2D eigenvalue weighted by molar-refractivity contribution is 5.66. The Kier molecular flexibility index (Phi) is 5.86. The van der Waals surface area contributed by atoms with Crippen LogP contribution < -0.4 is 4.74 Å². The average Bonchev–Trinajstić information content (AvgIpc) is 2.70. The van der Waals surface area contributed by atoms with Gasteiger partial charge in [0.2, 0.25) is 0 Å². The Bertz CT molecular complexity index is 1070. The summed E-state index contributed by atoms with van der Waals surface area (Å²) in [5.74, 6) is 3.53. The largest absolute Gasteiger partial charge is 0.494 e. The van der Waals surface area contributed by atoms with E-state index in [0.29, 0.717) is 29.0 Å². The zero-order valence-electron chi connectivity index (χ0n) is 15.2. The number of benzene rings is 3. The molecule has 3 aromatic rings. The van der Waals surface area contributed by atoms with E-state index in [0.717, 1.165) is 0 Å². The van der Waals surface area contributed by atoms with Crippen molar-refractivity contribution < 1.29 is 17.9 Å². The smallest absolute Gasteiger partial charge is 0.175 e. The number of rotatable bonds is 4. The molecule has 0 aromatic heterocycles. The summed E-state index contributed by atoms with van der Waals surface area (Å²) >= 11 is 0. The van der Waals surface area contributed by atoms with Crippen molar-refractivity contribution in [3.63, 3.8) is 0 Å². The molecule has 3 aromatic carbocycles. The maximum absolute atomic E-state index is 14.3. The van der Waals surface area contributed by atoms with Crippen LogP contribution in [-0.2, 0) is 0 Å². The fourth-order valence-electron chi connectivity index (χ4n) is 2.68. The van der Waals surface area contributed by atoms with Gasteiger partial charge in [-0.05, 0) is 42.8 Å². The highest BCUT2D eigenvalue weighted by Gasteiger charge is 2.10. The summed E-state index contributed by atoms with van der Waals surface area (Å²) in [6.07, 6.45) is 1.24. The minimum Gasteiger partial charge on any atom is -0.494 e. The zero-order chi connectivity index (χ0) is 20.1. The molecule has 0 saturated carbocycles. The van der Waals surface area contributed by atoms with Crippen LogP contribution in [0.25, 0.3) is 17.2 Å². The van der Waals surface area contributed by atoms with Gasteiger partial charge in [-0.2, -0.15) is 0 Å². The van der Waals surface area contributed by atoms with E-state index in [1.165, 1.54) is 24.3 Å². The molecule has 0 N–H and O–H groups in total. The quantitative estimate of drug-likeness (QED) is 0.490. The van der Waals surface area contributed by atoms with E-state index in [-0.39, 0.29) is 16.9 Å². The van der Waals surface area contributed by atoms with Crippen molar-refractivity contribution in [1.82, 2.24) is 0 Å². The van der Waals surface area contributed by atoms with Gasteiger partial charge < -0.3 is 4.74 Å². The number of hydrogen-bond donors (Lipinski definition) is 0. The minimum atomic E-state index is -1.00. The standard InChI is InChI=1S/C24H17F3O/c1-3-17-11-12-19(24(27)23(17)26)10-7-16-5-8-18(9-6-16)21-14-13-20(28-4-2)15-22(21)25/h3,5-6,8-9,11-15H,1,4H2,2H3. The number of hydrogen-bond acceptors (Lipinski definition) is 1. The first-order valence-electron chi connectivity index (χ1n) is 8.68. The summed E-state index contributed by atoms with van der Waals surface area (Å²) in [7, 11) is 0. The Morgan fingerprint density at radius 1 is 0.929 bits per heavy atom. The second kappa shape index (κ2) is 8.49. The fourth-order valence-corrected chi connectivity index (χ4v) is 2.68. The maximum atomic E-state index is 14.3. The van der Waals surface area contributed by atoms with Crippen LogP contribution in [0, 0.1) is 29.3 Å². The van der Waals surface area contributed by atoms with Crippen molar-refractivity contribution in [2.45, 2.75) is 6.92 Å². The first kappa shape index (κ1) is 19.3. The molecule has 0 fully saturated rings. The molecule has 140 valence electrons. The average molecular weight is 378 g/mol. The van der Waals surface area contributed by atoms with E-state index < -0.39 is 11.6 Å². The summed E-state index contributed by atoms with van der Waals surface area (Å²) in [5.41, 5.74) is 1.77. The molecule has 0 spiro atoms. The molecule has 3 rings (SSSR count). The Morgan fingerprint density at radius 2 is 1.68 bits per heavy atom. The molecular formula is C24H17F3O. The summed E-state index contributed by atoms with van der Waals surface area (Å²) in [4.78, 5) is 0. The van der Waals surface area contributed by atoms with E-state index in [1.807, 2.05) is 6.92 Å². The minimum absolute atomic E-state index is 0.0373. The van der Waals surface area contributed by atoms with Crippen LogP contribution in [-0.4, -0.2) is 6.61 Å². The van der Waals surface area contributed by atoms with Gasteiger partial charge in [-0.25, -0.2) is 13.2 Å². The molecule has 0 aliphatic carbocycles. The summed E-state index contributed by atoms with van der Waals surface area (Å²) in [6, 6.07) is 14.4. The van der Waals surface area contributed by atoms with Gasteiger partial charge >= 0.3 is 0 Å². The fraction of sp³-hybridized carbons (Fsp3) is 0.0833. The predicted molar refractivity (Wildman–Crippen MR) is 105 cm³/mol. The van der Waals surface area contributed by atoms with E-state index >= 15 is 0 Å². The molecule has 0 aliphatic rings. The van der Waals surface area contributed by atoms with Crippen molar-refractivity contribution >= 4 is 6.08 Å². The lowest BCUT2D eigenvalue weighted by Crippen LogP contribution is -1.93. The number of ether oxygens (including phenoxy) is 1. The van der Waals surface area contributed by atoms with Crippen molar-refractivity contribution in [2.75, 3.05) is 6.61 Å². The van der Waals surface area contributed by atoms with Crippen LogP contribution in [0.5, 0.6) is 5.75 Å². The van der Waals surface area contributed by atoms with Crippen LogP contribution in [0.15, 0.2) is 61.2 Å². The van der Waals surface area contributed by atoms with E-state index in [2.05, 4.69) is 18.4 Å². The van der Waals surface area contributed by atoms with E-state index in [9.17, 15) is 13.2 Å². The summed E-state index contributed by atoms with van der Waals surface area (Å²) in [6.45, 7) is 5.73. The molecule has 0 amide bonds. The Morgan fingerprint density at radius 3 is 2.32 bits per heavy atom. The van der Waals surface area contributed by atoms with E-state index in [1.54, 1.807) is 36.4 Å². The summed E-state index contributed by atoms with van der Waals surface area (Å²) in [5, 5.41) is 0. The highest BCUT2D eigenvalue weighted by Crippen LogP contribution is 2.26. The molecule has 1 nitrogen and oxygen atoms in total. The third-order valence-electron chi connectivity index (χ3n) is 4.12. The third-order valence-corrected chi connectivity index (χ3v) is 4.12. The monoisotopic (exact) mass is 378 g/mol. The highest BCUT2D eigenvalue weighted by atomic mass is 19.2. The molecule has 0 radical (unpaired) electrons. The van der Waals surface area contributed by atoms with Crippen LogP contribution in [0.4, 0.5) is 13.2 Å². The molecule has 28 heavy (non-hydrogen) atoms. The molecule has 0 bridgehead atoms. The lowest BCUT2D eigenvalue weighted by molar-refractivity contribution is 0.338. The Labute approximate surface area is 162 Å². The normalized spacial score (nSPS) is 10.1. The Hall–Kier alpha value is -3.45. The SMILES string of the molecule is C=Cc1ccc(C#Cc2ccc(-c3ccc(OCC)cc3F)cc2)c(F)c1F. The van der Waals surface area contributed by atoms with Gasteiger partial charge in [0.1, 0.15) is 11.6 Å². The van der Waals surface area contributed by atoms with Crippen molar-refractivity contribution in [3.05, 3.63) is 95.3 Å². The molecule has 0 unspecified atom stereocenters. The second-order valence-corrected chi connectivity index (χ2v) is 5.94. The molecular weight excluding hydrogens is 361 g/mol. The molecule has 0 atom stereocenters. The van der Waals surface area contributed by atoms with Crippen molar-refractivity contribution in [3.8, 4) is 28.7 Å². The molecule has 0 heterocycles. The lowest BCUT2D eigenvalue weighted by atomic mass is 10.0. The third kappa shape index (κ3) is 4.10. The van der Waals surface area contributed by atoms with Crippen LogP contribution in [0.3, 0.4) is 0 Å². The topological polar surface area (TPSA) is 9.23 Å². The zero-order valence-corrected chi connectivity index (χ0v) is 15.2. The number of halogens is 3. The molecule has 0 saturated heterocycles. The molecule has 0 aliphatic heterocycles. The Balaban J connectivity index is 1.84. The van der Waals surface area contributed by atoms with Gasteiger partial charge in [0.25, 0.3) is 0 Å². The maximum Gasteiger partial charge on any atom is 0.175 e. The molecule has 4 heteroatoms. The van der Waals surface area contributed by atoms with Gasteiger partial charge in [-0.1, -0.05) is 42.7 Å². The van der Waals surface area contributed by atoms with Crippen molar-refractivity contribution in [1.29, 1.82) is 0 Å². The second-order valence-electron chi connectivity index (χ2n) is 5.94.